The average Bonchev–Trinajstić information content (AvgIpc) is 2.79. The number of rotatable bonds is 4. The van der Waals surface area contributed by atoms with Crippen LogP contribution in [-0.2, 0) is 9.53 Å². The lowest BCUT2D eigenvalue weighted by Gasteiger charge is -2.31. The summed E-state index contributed by atoms with van der Waals surface area (Å²) >= 11 is 0. The van der Waals surface area contributed by atoms with Gasteiger partial charge in [0.05, 0.1) is 19.3 Å². The van der Waals surface area contributed by atoms with Crippen molar-refractivity contribution in [1.29, 1.82) is 0 Å². The zero-order valence-corrected chi connectivity index (χ0v) is 12.5. The number of carbonyl (C=O) groups is 1. The number of ether oxygens (including phenoxy) is 1. The Morgan fingerprint density at radius 3 is 2.63 bits per heavy atom. The minimum absolute atomic E-state index is 0.0684. The van der Waals surface area contributed by atoms with Crippen LogP contribution in [-0.4, -0.2) is 49.2 Å². The lowest BCUT2D eigenvalue weighted by Crippen LogP contribution is -2.52. The first kappa shape index (κ1) is 14.8. The summed E-state index contributed by atoms with van der Waals surface area (Å²) in [5.74, 6) is 1.74. The molecule has 0 aromatic rings. The Labute approximate surface area is 116 Å². The highest BCUT2D eigenvalue weighted by Crippen LogP contribution is 2.34. The second-order valence-electron chi connectivity index (χ2n) is 6.04. The fourth-order valence-corrected chi connectivity index (χ4v) is 3.51. The van der Waals surface area contributed by atoms with Crippen LogP contribution in [0.1, 0.15) is 40.0 Å². The second kappa shape index (κ2) is 6.71. The molecule has 19 heavy (non-hydrogen) atoms. The van der Waals surface area contributed by atoms with E-state index in [2.05, 4.69) is 19.2 Å². The van der Waals surface area contributed by atoms with Crippen molar-refractivity contribution in [3.63, 3.8) is 0 Å². The summed E-state index contributed by atoms with van der Waals surface area (Å²) in [4.78, 5) is 14.3. The summed E-state index contributed by atoms with van der Waals surface area (Å²) < 4.78 is 5.29. The maximum Gasteiger partial charge on any atom is 0.239 e. The van der Waals surface area contributed by atoms with Crippen LogP contribution in [0.3, 0.4) is 0 Å². The number of hydrogen-bond acceptors (Lipinski definition) is 3. The van der Waals surface area contributed by atoms with E-state index in [0.717, 1.165) is 19.0 Å². The second-order valence-corrected chi connectivity index (χ2v) is 6.04. The zero-order chi connectivity index (χ0) is 13.8. The molecule has 4 atom stereocenters. The van der Waals surface area contributed by atoms with E-state index >= 15 is 0 Å². The van der Waals surface area contributed by atoms with E-state index in [1.165, 1.54) is 19.3 Å². The first-order valence-corrected chi connectivity index (χ1v) is 7.76. The molecule has 1 N–H and O–H groups in total. The number of morpholine rings is 1. The van der Waals surface area contributed by atoms with Crippen LogP contribution >= 0.6 is 0 Å². The fourth-order valence-electron chi connectivity index (χ4n) is 3.51. The Morgan fingerprint density at radius 2 is 2.05 bits per heavy atom. The molecule has 1 aliphatic carbocycles. The predicted molar refractivity (Wildman–Crippen MR) is 76.0 cm³/mol. The standard InChI is InChI=1S/C15H28N2O2/c1-4-13-5-6-14(11(13)2)16-12(3)15(18)17-7-9-19-10-8-17/h11-14,16H,4-10H2,1-3H3. The molecule has 1 aliphatic heterocycles. The number of nitrogens with zero attached hydrogens (tertiary/aromatic N) is 1. The van der Waals surface area contributed by atoms with Gasteiger partial charge in [-0.15, -0.1) is 0 Å². The fraction of sp³-hybridized carbons (Fsp3) is 0.933. The van der Waals surface area contributed by atoms with E-state index in [-0.39, 0.29) is 11.9 Å². The molecule has 2 fully saturated rings. The minimum atomic E-state index is -0.0684. The van der Waals surface area contributed by atoms with Crippen molar-refractivity contribution in [2.24, 2.45) is 11.8 Å². The van der Waals surface area contributed by atoms with Gasteiger partial charge in [-0.05, 0) is 31.6 Å². The summed E-state index contributed by atoms with van der Waals surface area (Å²) in [5.41, 5.74) is 0. The monoisotopic (exact) mass is 268 g/mol. The Bertz CT molecular complexity index is 303. The Balaban J connectivity index is 1.83. The molecular weight excluding hydrogens is 240 g/mol. The molecule has 0 spiro atoms. The normalized spacial score (nSPS) is 33.4. The number of hydrogen-bond donors (Lipinski definition) is 1. The lowest BCUT2D eigenvalue weighted by atomic mass is 9.93. The highest BCUT2D eigenvalue weighted by molar-refractivity contribution is 5.81. The molecule has 4 unspecified atom stereocenters. The van der Waals surface area contributed by atoms with Gasteiger partial charge in [-0.3, -0.25) is 4.79 Å². The third kappa shape index (κ3) is 3.48. The van der Waals surface area contributed by atoms with Crippen molar-refractivity contribution in [3.05, 3.63) is 0 Å². The van der Waals surface area contributed by atoms with Gasteiger partial charge in [-0.1, -0.05) is 20.3 Å². The Hall–Kier alpha value is -0.610. The Kier molecular flexibility index (Phi) is 5.22. The number of carbonyl (C=O) groups excluding carboxylic acids is 1. The molecule has 4 nitrogen and oxygen atoms in total. The van der Waals surface area contributed by atoms with Crippen molar-refractivity contribution < 1.29 is 9.53 Å². The molecule has 2 rings (SSSR count). The summed E-state index contributed by atoms with van der Waals surface area (Å²) in [7, 11) is 0. The molecule has 0 aromatic heterocycles. The molecular formula is C15H28N2O2. The van der Waals surface area contributed by atoms with Gasteiger partial charge in [0.15, 0.2) is 0 Å². The van der Waals surface area contributed by atoms with Crippen molar-refractivity contribution in [2.75, 3.05) is 26.3 Å². The highest BCUT2D eigenvalue weighted by Gasteiger charge is 2.33. The van der Waals surface area contributed by atoms with Crippen LogP contribution in [0.15, 0.2) is 0 Å². The molecule has 0 bridgehead atoms. The van der Waals surface area contributed by atoms with Gasteiger partial charge < -0.3 is 15.0 Å². The first-order valence-electron chi connectivity index (χ1n) is 7.76. The molecule has 1 amide bonds. The smallest absolute Gasteiger partial charge is 0.239 e. The first-order chi connectivity index (χ1) is 9.13. The van der Waals surface area contributed by atoms with Crippen LogP contribution in [0, 0.1) is 11.8 Å². The molecule has 2 aliphatic rings. The SMILES string of the molecule is CCC1CCC(NC(C)C(=O)N2CCOCC2)C1C. The van der Waals surface area contributed by atoms with Crippen molar-refractivity contribution in [2.45, 2.75) is 52.1 Å². The van der Waals surface area contributed by atoms with Gasteiger partial charge in [0.2, 0.25) is 5.91 Å². The predicted octanol–water partition coefficient (Wildman–Crippen LogP) is 1.65. The highest BCUT2D eigenvalue weighted by atomic mass is 16.5. The molecule has 1 heterocycles. The lowest BCUT2D eigenvalue weighted by molar-refractivity contribution is -0.137. The van der Waals surface area contributed by atoms with Gasteiger partial charge in [-0.2, -0.15) is 0 Å². The average molecular weight is 268 g/mol. The topological polar surface area (TPSA) is 41.6 Å². The van der Waals surface area contributed by atoms with Crippen LogP contribution in [0.2, 0.25) is 0 Å². The summed E-state index contributed by atoms with van der Waals surface area (Å²) in [6.07, 6.45) is 3.76. The van der Waals surface area contributed by atoms with Gasteiger partial charge in [0.1, 0.15) is 0 Å². The van der Waals surface area contributed by atoms with Crippen LogP contribution in [0.5, 0.6) is 0 Å². The van der Waals surface area contributed by atoms with Crippen LogP contribution in [0.4, 0.5) is 0 Å². The van der Waals surface area contributed by atoms with E-state index in [9.17, 15) is 4.79 Å². The molecule has 0 aromatic carbocycles. The van der Waals surface area contributed by atoms with Crippen LogP contribution < -0.4 is 5.32 Å². The van der Waals surface area contributed by atoms with E-state index < -0.39 is 0 Å². The quantitative estimate of drug-likeness (QED) is 0.843. The molecule has 0 radical (unpaired) electrons. The van der Waals surface area contributed by atoms with Crippen molar-refractivity contribution >= 4 is 5.91 Å². The molecule has 1 saturated carbocycles. The maximum atomic E-state index is 12.4. The third-order valence-corrected chi connectivity index (χ3v) is 4.91. The summed E-state index contributed by atoms with van der Waals surface area (Å²) in [6, 6.07) is 0.436. The van der Waals surface area contributed by atoms with E-state index in [1.807, 2.05) is 11.8 Å². The van der Waals surface area contributed by atoms with Crippen molar-refractivity contribution in [3.8, 4) is 0 Å². The van der Waals surface area contributed by atoms with E-state index in [0.29, 0.717) is 25.2 Å². The maximum absolute atomic E-state index is 12.4. The Morgan fingerprint density at radius 1 is 1.37 bits per heavy atom. The molecule has 110 valence electrons. The van der Waals surface area contributed by atoms with Crippen molar-refractivity contribution in [1.82, 2.24) is 10.2 Å². The molecule has 4 heteroatoms. The van der Waals surface area contributed by atoms with Gasteiger partial charge in [-0.25, -0.2) is 0 Å². The largest absolute Gasteiger partial charge is 0.378 e. The number of nitrogens with one attached hydrogen (secondary N) is 1. The summed E-state index contributed by atoms with van der Waals surface area (Å²) in [6.45, 7) is 9.43. The van der Waals surface area contributed by atoms with Gasteiger partial charge >= 0.3 is 0 Å². The van der Waals surface area contributed by atoms with E-state index in [4.69, 9.17) is 4.74 Å². The summed E-state index contributed by atoms with van der Waals surface area (Å²) in [5, 5.41) is 3.56. The third-order valence-electron chi connectivity index (χ3n) is 4.91. The van der Waals surface area contributed by atoms with Gasteiger partial charge in [0.25, 0.3) is 0 Å². The zero-order valence-electron chi connectivity index (χ0n) is 12.5. The minimum Gasteiger partial charge on any atom is -0.378 e. The van der Waals surface area contributed by atoms with E-state index in [1.54, 1.807) is 0 Å². The van der Waals surface area contributed by atoms with Crippen LogP contribution in [0.25, 0.3) is 0 Å². The number of amides is 1. The van der Waals surface area contributed by atoms with Gasteiger partial charge in [0, 0.05) is 19.1 Å². The molecule has 1 saturated heterocycles.